The van der Waals surface area contributed by atoms with Crippen LogP contribution in [0, 0.1) is 13.8 Å². The SMILES string of the molecule is Cc1ccc(C)c(C(=O)Nc2ccccc2C(=O)Nc2ccc3c(c2)OCO3)c1. The molecule has 0 saturated heterocycles. The molecule has 0 fully saturated rings. The fourth-order valence-electron chi connectivity index (χ4n) is 3.13. The van der Waals surface area contributed by atoms with E-state index < -0.39 is 0 Å². The smallest absolute Gasteiger partial charge is 0.257 e. The summed E-state index contributed by atoms with van der Waals surface area (Å²) in [5.74, 6) is 0.638. The van der Waals surface area contributed by atoms with Crippen LogP contribution in [0.15, 0.2) is 60.7 Å². The van der Waals surface area contributed by atoms with Crippen LogP contribution in [0.25, 0.3) is 0 Å². The first-order valence-corrected chi connectivity index (χ1v) is 9.20. The van der Waals surface area contributed by atoms with Gasteiger partial charge >= 0.3 is 0 Å². The van der Waals surface area contributed by atoms with E-state index in [9.17, 15) is 9.59 Å². The molecule has 1 heterocycles. The van der Waals surface area contributed by atoms with Gasteiger partial charge in [-0.3, -0.25) is 9.59 Å². The van der Waals surface area contributed by atoms with Crippen LogP contribution in [-0.2, 0) is 0 Å². The second-order valence-electron chi connectivity index (χ2n) is 6.84. The largest absolute Gasteiger partial charge is 0.454 e. The van der Waals surface area contributed by atoms with Crippen molar-refractivity contribution in [3.05, 3.63) is 82.9 Å². The Morgan fingerprint density at radius 3 is 2.41 bits per heavy atom. The molecule has 0 atom stereocenters. The van der Waals surface area contributed by atoms with Crippen molar-refractivity contribution in [3.8, 4) is 11.5 Å². The second kappa shape index (κ2) is 7.67. The number of benzene rings is 3. The molecule has 3 aromatic carbocycles. The summed E-state index contributed by atoms with van der Waals surface area (Å²) in [5.41, 5.74) is 3.83. The predicted molar refractivity (Wildman–Crippen MR) is 111 cm³/mol. The third-order valence-electron chi connectivity index (χ3n) is 4.69. The number of carbonyl (C=O) groups excluding carboxylic acids is 2. The lowest BCUT2D eigenvalue weighted by Crippen LogP contribution is -2.19. The van der Waals surface area contributed by atoms with Crippen LogP contribution < -0.4 is 20.1 Å². The van der Waals surface area contributed by atoms with E-state index in [0.717, 1.165) is 11.1 Å². The van der Waals surface area contributed by atoms with E-state index in [2.05, 4.69) is 10.6 Å². The summed E-state index contributed by atoms with van der Waals surface area (Å²) in [5, 5.41) is 5.69. The molecule has 6 heteroatoms. The van der Waals surface area contributed by atoms with Crippen LogP contribution in [0.1, 0.15) is 31.8 Å². The highest BCUT2D eigenvalue weighted by atomic mass is 16.7. The van der Waals surface area contributed by atoms with Crippen molar-refractivity contribution in [1.29, 1.82) is 0 Å². The van der Waals surface area contributed by atoms with E-state index in [-0.39, 0.29) is 18.6 Å². The summed E-state index contributed by atoms with van der Waals surface area (Å²) in [4.78, 5) is 25.6. The number of nitrogens with one attached hydrogen (secondary N) is 2. The lowest BCUT2D eigenvalue weighted by Gasteiger charge is -2.13. The van der Waals surface area contributed by atoms with Crippen molar-refractivity contribution < 1.29 is 19.1 Å². The van der Waals surface area contributed by atoms with E-state index in [1.807, 2.05) is 32.0 Å². The lowest BCUT2D eigenvalue weighted by molar-refractivity contribution is 0.102. The van der Waals surface area contributed by atoms with Gasteiger partial charge < -0.3 is 20.1 Å². The number of carbonyl (C=O) groups is 2. The van der Waals surface area contributed by atoms with Gasteiger partial charge in [0.05, 0.1) is 11.3 Å². The van der Waals surface area contributed by atoms with Gasteiger partial charge in [-0.1, -0.05) is 29.8 Å². The first-order chi connectivity index (χ1) is 14.0. The fourth-order valence-corrected chi connectivity index (χ4v) is 3.13. The molecule has 2 amide bonds. The second-order valence-corrected chi connectivity index (χ2v) is 6.84. The van der Waals surface area contributed by atoms with Gasteiger partial charge in [0.15, 0.2) is 11.5 Å². The fraction of sp³-hybridized carbons (Fsp3) is 0.130. The number of para-hydroxylation sites is 1. The Hall–Kier alpha value is -3.80. The van der Waals surface area contributed by atoms with Crippen LogP contribution in [0.4, 0.5) is 11.4 Å². The average Bonchev–Trinajstić information content (AvgIpc) is 3.18. The molecule has 0 aliphatic carbocycles. The summed E-state index contributed by atoms with van der Waals surface area (Å²) in [6, 6.07) is 17.8. The Balaban J connectivity index is 1.55. The van der Waals surface area contributed by atoms with Gasteiger partial charge in [-0.15, -0.1) is 0 Å². The maximum absolute atomic E-state index is 12.8. The molecule has 0 saturated carbocycles. The molecule has 6 nitrogen and oxygen atoms in total. The number of amides is 2. The molecule has 3 aromatic rings. The molecule has 1 aliphatic rings. The van der Waals surface area contributed by atoms with Gasteiger partial charge in [0.25, 0.3) is 11.8 Å². The third kappa shape index (κ3) is 3.91. The molecule has 0 unspecified atom stereocenters. The molecular formula is C23H20N2O4. The summed E-state index contributed by atoms with van der Waals surface area (Å²) in [6.45, 7) is 3.98. The van der Waals surface area contributed by atoms with Crippen LogP contribution in [0.3, 0.4) is 0 Å². The number of fused-ring (bicyclic) bond motifs is 1. The first kappa shape index (κ1) is 18.6. The maximum atomic E-state index is 12.8. The molecule has 1 aliphatic heterocycles. The van der Waals surface area contributed by atoms with Crippen LogP contribution in [0.2, 0.25) is 0 Å². The van der Waals surface area contributed by atoms with E-state index in [1.54, 1.807) is 42.5 Å². The zero-order valence-corrected chi connectivity index (χ0v) is 16.1. The number of rotatable bonds is 4. The number of anilines is 2. The average molecular weight is 388 g/mol. The number of hydrogen-bond acceptors (Lipinski definition) is 4. The van der Waals surface area contributed by atoms with Gasteiger partial charge in [-0.25, -0.2) is 0 Å². The number of aryl methyl sites for hydroxylation is 2. The Morgan fingerprint density at radius 1 is 0.793 bits per heavy atom. The summed E-state index contributed by atoms with van der Waals surface area (Å²) >= 11 is 0. The van der Waals surface area contributed by atoms with E-state index in [1.165, 1.54) is 0 Å². The Bertz CT molecular complexity index is 1110. The van der Waals surface area contributed by atoms with Crippen molar-refractivity contribution in [1.82, 2.24) is 0 Å². The standard InChI is InChI=1S/C23H20N2O4/c1-14-7-8-15(2)18(11-14)23(27)25-19-6-4-3-5-17(19)22(26)24-16-9-10-20-21(12-16)29-13-28-20/h3-12H,13H2,1-2H3,(H,24,26)(H,25,27). The Labute approximate surface area is 168 Å². The summed E-state index contributed by atoms with van der Waals surface area (Å²) in [6.07, 6.45) is 0. The molecule has 4 rings (SSSR count). The van der Waals surface area contributed by atoms with Crippen molar-refractivity contribution >= 4 is 23.2 Å². The Morgan fingerprint density at radius 2 is 1.55 bits per heavy atom. The minimum Gasteiger partial charge on any atom is -0.454 e. The summed E-state index contributed by atoms with van der Waals surface area (Å²) < 4.78 is 10.6. The van der Waals surface area contributed by atoms with E-state index in [0.29, 0.717) is 34.0 Å². The highest BCUT2D eigenvalue weighted by Crippen LogP contribution is 2.34. The van der Waals surface area contributed by atoms with Gasteiger partial charge in [0, 0.05) is 17.3 Å². The van der Waals surface area contributed by atoms with Gasteiger partial charge in [0.1, 0.15) is 0 Å². The molecule has 0 spiro atoms. The van der Waals surface area contributed by atoms with E-state index in [4.69, 9.17) is 9.47 Å². The minimum atomic E-state index is -0.333. The van der Waals surface area contributed by atoms with Gasteiger partial charge in [0.2, 0.25) is 6.79 Å². The van der Waals surface area contributed by atoms with E-state index >= 15 is 0 Å². The normalized spacial score (nSPS) is 11.8. The van der Waals surface area contributed by atoms with Gasteiger partial charge in [-0.05, 0) is 49.7 Å². The molecule has 2 N–H and O–H groups in total. The first-order valence-electron chi connectivity index (χ1n) is 9.20. The lowest BCUT2D eigenvalue weighted by atomic mass is 10.0. The van der Waals surface area contributed by atoms with Crippen LogP contribution >= 0.6 is 0 Å². The highest BCUT2D eigenvalue weighted by molar-refractivity contribution is 6.12. The Kier molecular flexibility index (Phi) is 4.91. The zero-order valence-electron chi connectivity index (χ0n) is 16.1. The molecule has 29 heavy (non-hydrogen) atoms. The number of ether oxygens (including phenoxy) is 2. The molecule has 146 valence electrons. The predicted octanol–water partition coefficient (Wildman–Crippen LogP) is 4.54. The monoisotopic (exact) mass is 388 g/mol. The highest BCUT2D eigenvalue weighted by Gasteiger charge is 2.18. The van der Waals surface area contributed by atoms with Crippen molar-refractivity contribution in [3.63, 3.8) is 0 Å². The van der Waals surface area contributed by atoms with Crippen molar-refractivity contribution in [2.24, 2.45) is 0 Å². The molecule has 0 bridgehead atoms. The maximum Gasteiger partial charge on any atom is 0.257 e. The zero-order chi connectivity index (χ0) is 20.4. The molecular weight excluding hydrogens is 368 g/mol. The third-order valence-corrected chi connectivity index (χ3v) is 4.69. The van der Waals surface area contributed by atoms with Crippen LogP contribution in [0.5, 0.6) is 11.5 Å². The molecule has 0 radical (unpaired) electrons. The van der Waals surface area contributed by atoms with Crippen molar-refractivity contribution in [2.45, 2.75) is 13.8 Å². The summed E-state index contributed by atoms with van der Waals surface area (Å²) in [7, 11) is 0. The quantitative estimate of drug-likeness (QED) is 0.688. The minimum absolute atomic E-state index is 0.167. The van der Waals surface area contributed by atoms with Gasteiger partial charge in [-0.2, -0.15) is 0 Å². The molecule has 0 aromatic heterocycles. The number of hydrogen-bond donors (Lipinski definition) is 2. The van der Waals surface area contributed by atoms with Crippen LogP contribution in [-0.4, -0.2) is 18.6 Å². The topological polar surface area (TPSA) is 76.7 Å². The van der Waals surface area contributed by atoms with Crippen molar-refractivity contribution in [2.75, 3.05) is 17.4 Å².